The van der Waals surface area contributed by atoms with Gasteiger partial charge in [0.2, 0.25) is 0 Å². The van der Waals surface area contributed by atoms with Crippen molar-refractivity contribution < 1.29 is 9.47 Å². The molecule has 0 saturated carbocycles. The molecule has 0 aliphatic rings. The first kappa shape index (κ1) is 18.7. The maximum Gasteiger partial charge on any atom is 0.141 e. The minimum absolute atomic E-state index is 0.273. The molecule has 0 radical (unpaired) electrons. The fourth-order valence-electron chi connectivity index (χ4n) is 2.06. The van der Waals surface area contributed by atoms with Crippen LogP contribution in [0.2, 0.25) is 0 Å². The first-order valence-corrected chi connectivity index (χ1v) is 9.14. The second-order valence-electron chi connectivity index (χ2n) is 5.09. The third-order valence-electron chi connectivity index (χ3n) is 3.13. The Hall–Kier alpha value is -0.390. The van der Waals surface area contributed by atoms with Gasteiger partial charge in [-0.05, 0) is 46.3 Å². The van der Waals surface area contributed by atoms with Crippen LogP contribution in [-0.4, -0.2) is 31.8 Å². The second kappa shape index (κ2) is 9.59. The molecule has 0 heterocycles. The summed E-state index contributed by atoms with van der Waals surface area (Å²) < 4.78 is 11.8. The van der Waals surface area contributed by atoms with E-state index in [-0.39, 0.29) is 6.04 Å². The average Bonchev–Trinajstić information content (AvgIpc) is 2.47. The highest BCUT2D eigenvalue weighted by Gasteiger charge is 2.20. The number of benzene rings is 1. The van der Waals surface area contributed by atoms with Gasteiger partial charge in [0, 0.05) is 17.4 Å². The molecule has 0 aliphatic carbocycles. The topological polar surface area (TPSA) is 30.5 Å². The zero-order chi connectivity index (χ0) is 15.8. The van der Waals surface area contributed by atoms with Gasteiger partial charge in [-0.25, -0.2) is 0 Å². The molecule has 0 bridgehead atoms. The molecule has 0 aliphatic heterocycles. The van der Waals surface area contributed by atoms with Crippen molar-refractivity contribution in [3.63, 3.8) is 0 Å². The third-order valence-corrected chi connectivity index (χ3v) is 5.07. The highest BCUT2D eigenvalue weighted by Crippen LogP contribution is 2.40. The van der Waals surface area contributed by atoms with E-state index in [9.17, 15) is 0 Å². The summed E-state index contributed by atoms with van der Waals surface area (Å²) in [5, 5.41) is 4.23. The molecule has 1 aromatic rings. The Morgan fingerprint density at radius 2 is 1.95 bits per heavy atom. The Morgan fingerprint density at radius 3 is 2.48 bits per heavy atom. The molecule has 1 atom stereocenters. The predicted molar refractivity (Wildman–Crippen MR) is 95.9 cm³/mol. The lowest BCUT2D eigenvalue weighted by Crippen LogP contribution is -2.25. The van der Waals surface area contributed by atoms with Gasteiger partial charge < -0.3 is 14.8 Å². The first-order valence-electron chi connectivity index (χ1n) is 7.30. The summed E-state index contributed by atoms with van der Waals surface area (Å²) in [5.74, 6) is 2.67. The van der Waals surface area contributed by atoms with Gasteiger partial charge in [-0.15, -0.1) is 0 Å². The Morgan fingerprint density at radius 1 is 1.24 bits per heavy atom. The molecule has 0 spiro atoms. The van der Waals surface area contributed by atoms with Crippen LogP contribution in [0.25, 0.3) is 0 Å². The quantitative estimate of drug-likeness (QED) is 0.680. The Labute approximate surface area is 141 Å². The average molecular weight is 376 g/mol. The number of halogens is 1. The van der Waals surface area contributed by atoms with Crippen LogP contribution in [-0.2, 0) is 0 Å². The summed E-state index contributed by atoms with van der Waals surface area (Å²) in [6.07, 6.45) is 1.11. The van der Waals surface area contributed by atoms with Crippen LogP contribution in [0.4, 0.5) is 0 Å². The van der Waals surface area contributed by atoms with Crippen molar-refractivity contribution in [2.75, 3.05) is 26.5 Å². The number of methoxy groups -OCH3 is 2. The lowest BCUT2D eigenvalue weighted by molar-refractivity contribution is 0.381. The van der Waals surface area contributed by atoms with Gasteiger partial charge in [0.05, 0.1) is 14.2 Å². The van der Waals surface area contributed by atoms with Crippen LogP contribution in [0, 0.1) is 0 Å². The Bertz CT molecular complexity index is 441. The van der Waals surface area contributed by atoms with Crippen molar-refractivity contribution in [2.24, 2.45) is 0 Å². The summed E-state index contributed by atoms with van der Waals surface area (Å²) in [5.41, 5.74) is 1.17. The van der Waals surface area contributed by atoms with Gasteiger partial charge in [0.25, 0.3) is 0 Å². The third kappa shape index (κ3) is 5.38. The van der Waals surface area contributed by atoms with Crippen LogP contribution < -0.4 is 14.8 Å². The smallest absolute Gasteiger partial charge is 0.141 e. The summed E-state index contributed by atoms with van der Waals surface area (Å²) in [7, 11) is 3.37. The summed E-state index contributed by atoms with van der Waals surface area (Å²) in [6.45, 7) is 7.63. The molecule has 0 aromatic heterocycles. The standard InChI is InChI=1S/C16H26BrNO2S/c1-6-9-18-13(10-21-11(2)3)12-7-8-14(19-4)15(17)16(12)20-5/h7-8,11,13,18H,6,9-10H2,1-5H3. The normalized spacial score (nSPS) is 12.5. The predicted octanol–water partition coefficient (Wildman–Crippen LogP) is 4.65. The van der Waals surface area contributed by atoms with Crippen molar-refractivity contribution in [1.29, 1.82) is 0 Å². The van der Waals surface area contributed by atoms with E-state index >= 15 is 0 Å². The van der Waals surface area contributed by atoms with Crippen molar-refractivity contribution >= 4 is 27.7 Å². The van der Waals surface area contributed by atoms with Gasteiger partial charge >= 0.3 is 0 Å². The lowest BCUT2D eigenvalue weighted by Gasteiger charge is -2.23. The number of thioether (sulfide) groups is 1. The molecule has 1 N–H and O–H groups in total. The fraction of sp³-hybridized carbons (Fsp3) is 0.625. The Balaban J connectivity index is 3.07. The van der Waals surface area contributed by atoms with Crippen LogP contribution >= 0.6 is 27.7 Å². The minimum Gasteiger partial charge on any atom is -0.495 e. The molecule has 1 aromatic carbocycles. The van der Waals surface area contributed by atoms with E-state index in [1.54, 1.807) is 14.2 Å². The molecule has 0 fully saturated rings. The van der Waals surface area contributed by atoms with E-state index in [0.29, 0.717) is 5.25 Å². The molecular weight excluding hydrogens is 350 g/mol. The summed E-state index contributed by atoms with van der Waals surface area (Å²) in [4.78, 5) is 0. The summed E-state index contributed by atoms with van der Waals surface area (Å²) >= 11 is 5.54. The SMILES string of the molecule is CCCNC(CSC(C)C)c1ccc(OC)c(Br)c1OC. The number of rotatable bonds is 9. The van der Waals surface area contributed by atoms with E-state index in [0.717, 1.165) is 34.7 Å². The zero-order valence-electron chi connectivity index (χ0n) is 13.5. The largest absolute Gasteiger partial charge is 0.495 e. The zero-order valence-corrected chi connectivity index (χ0v) is 15.9. The molecule has 1 unspecified atom stereocenters. The molecule has 0 amide bonds. The van der Waals surface area contributed by atoms with Gasteiger partial charge in [0.1, 0.15) is 16.0 Å². The van der Waals surface area contributed by atoms with Gasteiger partial charge in [0.15, 0.2) is 0 Å². The van der Waals surface area contributed by atoms with Crippen molar-refractivity contribution in [1.82, 2.24) is 5.32 Å². The molecule has 0 saturated heterocycles. The van der Waals surface area contributed by atoms with Crippen LogP contribution in [0.3, 0.4) is 0 Å². The van der Waals surface area contributed by atoms with Crippen LogP contribution in [0.15, 0.2) is 16.6 Å². The van der Waals surface area contributed by atoms with Crippen LogP contribution in [0.1, 0.15) is 38.8 Å². The fourth-order valence-corrected chi connectivity index (χ4v) is 3.62. The maximum atomic E-state index is 5.61. The van der Waals surface area contributed by atoms with Crippen molar-refractivity contribution in [3.05, 3.63) is 22.2 Å². The second-order valence-corrected chi connectivity index (χ2v) is 7.50. The molecular formula is C16H26BrNO2S. The highest BCUT2D eigenvalue weighted by molar-refractivity contribution is 9.10. The molecule has 1 rings (SSSR count). The maximum absolute atomic E-state index is 5.61. The van der Waals surface area contributed by atoms with Crippen molar-refractivity contribution in [2.45, 2.75) is 38.5 Å². The Kier molecular flexibility index (Phi) is 8.52. The molecule has 5 heteroatoms. The molecule has 3 nitrogen and oxygen atoms in total. The van der Waals surface area contributed by atoms with Gasteiger partial charge in [-0.1, -0.05) is 20.8 Å². The van der Waals surface area contributed by atoms with E-state index in [4.69, 9.17) is 9.47 Å². The first-order chi connectivity index (χ1) is 10.0. The lowest BCUT2D eigenvalue weighted by atomic mass is 10.1. The van der Waals surface area contributed by atoms with E-state index in [1.165, 1.54) is 5.56 Å². The number of ether oxygens (including phenoxy) is 2. The van der Waals surface area contributed by atoms with Gasteiger partial charge in [-0.2, -0.15) is 11.8 Å². The van der Waals surface area contributed by atoms with E-state index in [1.807, 2.05) is 17.8 Å². The van der Waals surface area contributed by atoms with E-state index < -0.39 is 0 Å². The van der Waals surface area contributed by atoms with Gasteiger partial charge in [-0.3, -0.25) is 0 Å². The number of hydrogen-bond acceptors (Lipinski definition) is 4. The van der Waals surface area contributed by atoms with Crippen molar-refractivity contribution in [3.8, 4) is 11.5 Å². The summed E-state index contributed by atoms with van der Waals surface area (Å²) in [6, 6.07) is 4.36. The minimum atomic E-state index is 0.273. The van der Waals surface area contributed by atoms with E-state index in [2.05, 4.69) is 48.1 Å². The molecule has 120 valence electrons. The monoisotopic (exact) mass is 375 g/mol. The van der Waals surface area contributed by atoms with Crippen LogP contribution in [0.5, 0.6) is 11.5 Å². The number of hydrogen-bond donors (Lipinski definition) is 1. The molecule has 21 heavy (non-hydrogen) atoms. The highest BCUT2D eigenvalue weighted by atomic mass is 79.9. The number of nitrogens with one attached hydrogen (secondary N) is 1.